The van der Waals surface area contributed by atoms with E-state index in [1.807, 2.05) is 31.3 Å². The molecule has 17 heavy (non-hydrogen) atoms. The molecule has 0 unspecified atom stereocenters. The lowest BCUT2D eigenvalue weighted by atomic mass is 10.3. The van der Waals surface area contributed by atoms with Gasteiger partial charge in [-0.15, -0.1) is 0 Å². The van der Waals surface area contributed by atoms with Gasteiger partial charge in [0.25, 0.3) is 0 Å². The van der Waals surface area contributed by atoms with Gasteiger partial charge in [-0.3, -0.25) is 0 Å². The molecule has 2 aromatic rings. The van der Waals surface area contributed by atoms with Crippen molar-refractivity contribution in [3.63, 3.8) is 0 Å². The lowest BCUT2D eigenvalue weighted by Crippen LogP contribution is -2.05. The van der Waals surface area contributed by atoms with Crippen LogP contribution in [0.2, 0.25) is 5.02 Å². The summed E-state index contributed by atoms with van der Waals surface area (Å²) in [5, 5.41) is 0.678. The number of aryl methyl sites for hydroxylation is 2. The van der Waals surface area contributed by atoms with Crippen LogP contribution in [0.3, 0.4) is 0 Å². The largest absolute Gasteiger partial charge is 0.486 e. The molecule has 1 aromatic heterocycles. The van der Waals surface area contributed by atoms with Crippen LogP contribution in [0.25, 0.3) is 0 Å². The monoisotopic (exact) mass is 250 g/mol. The van der Waals surface area contributed by atoms with Gasteiger partial charge in [0.05, 0.1) is 5.69 Å². The molecule has 1 aromatic carbocycles. The van der Waals surface area contributed by atoms with Crippen molar-refractivity contribution >= 4 is 11.6 Å². The number of aromatic nitrogens is 2. The molecule has 90 valence electrons. The molecule has 1 heterocycles. The highest BCUT2D eigenvalue weighted by atomic mass is 35.5. The Bertz CT molecular complexity index is 508. The van der Waals surface area contributed by atoms with Crippen LogP contribution < -0.4 is 4.74 Å². The Labute approximate surface area is 106 Å². The van der Waals surface area contributed by atoms with Crippen LogP contribution in [0.1, 0.15) is 18.4 Å². The summed E-state index contributed by atoms with van der Waals surface area (Å²) in [6, 6.07) is 7.38. The molecule has 0 radical (unpaired) electrons. The summed E-state index contributed by atoms with van der Waals surface area (Å²) in [5.74, 6) is 1.70. The summed E-state index contributed by atoms with van der Waals surface area (Å²) in [4.78, 5) is 4.42. The summed E-state index contributed by atoms with van der Waals surface area (Å²) in [7, 11) is 0. The second kappa shape index (κ2) is 5.23. The number of ether oxygens (including phenoxy) is 1. The van der Waals surface area contributed by atoms with Crippen LogP contribution in [-0.4, -0.2) is 9.55 Å². The Balaban J connectivity index is 2.06. The van der Waals surface area contributed by atoms with Gasteiger partial charge in [0, 0.05) is 17.8 Å². The maximum atomic E-state index is 5.89. The Morgan fingerprint density at radius 3 is 2.94 bits per heavy atom. The standard InChI is InChI=1S/C13H15ClN2O/c1-3-16-8-10(2)15-13(16)9-17-12-6-4-5-11(14)7-12/h4-8H,3,9H2,1-2H3. The van der Waals surface area contributed by atoms with Gasteiger partial charge in [0.1, 0.15) is 18.2 Å². The number of nitrogens with zero attached hydrogens (tertiary/aromatic N) is 2. The third-order valence-electron chi connectivity index (χ3n) is 2.48. The van der Waals surface area contributed by atoms with Gasteiger partial charge in [0.2, 0.25) is 0 Å². The highest BCUT2D eigenvalue weighted by molar-refractivity contribution is 6.30. The van der Waals surface area contributed by atoms with E-state index in [0.29, 0.717) is 11.6 Å². The SMILES string of the molecule is CCn1cc(C)nc1COc1cccc(Cl)c1. The molecular weight excluding hydrogens is 236 g/mol. The molecule has 0 bridgehead atoms. The topological polar surface area (TPSA) is 27.1 Å². The summed E-state index contributed by atoms with van der Waals surface area (Å²) in [6.07, 6.45) is 2.02. The first-order valence-corrected chi connectivity index (χ1v) is 5.98. The van der Waals surface area contributed by atoms with E-state index in [2.05, 4.69) is 16.5 Å². The summed E-state index contributed by atoms with van der Waals surface area (Å²) < 4.78 is 7.74. The third-order valence-corrected chi connectivity index (χ3v) is 2.72. The minimum absolute atomic E-state index is 0.460. The highest BCUT2D eigenvalue weighted by Crippen LogP contribution is 2.18. The number of hydrogen-bond donors (Lipinski definition) is 0. The van der Waals surface area contributed by atoms with E-state index in [-0.39, 0.29) is 0 Å². The van der Waals surface area contributed by atoms with E-state index >= 15 is 0 Å². The zero-order valence-electron chi connectivity index (χ0n) is 9.98. The van der Waals surface area contributed by atoms with Crippen molar-refractivity contribution in [3.8, 4) is 5.75 Å². The van der Waals surface area contributed by atoms with Crippen molar-refractivity contribution in [1.82, 2.24) is 9.55 Å². The van der Waals surface area contributed by atoms with Crippen LogP contribution in [0.15, 0.2) is 30.5 Å². The molecule has 3 nitrogen and oxygen atoms in total. The molecule has 0 fully saturated rings. The van der Waals surface area contributed by atoms with Gasteiger partial charge < -0.3 is 9.30 Å². The van der Waals surface area contributed by atoms with Crippen molar-refractivity contribution in [1.29, 1.82) is 0 Å². The molecule has 2 rings (SSSR count). The Morgan fingerprint density at radius 1 is 1.41 bits per heavy atom. The zero-order valence-corrected chi connectivity index (χ0v) is 10.7. The molecule has 0 spiro atoms. The Hall–Kier alpha value is -1.48. The van der Waals surface area contributed by atoms with Gasteiger partial charge in [0.15, 0.2) is 0 Å². The van der Waals surface area contributed by atoms with E-state index in [0.717, 1.165) is 23.8 Å². The van der Waals surface area contributed by atoms with E-state index in [9.17, 15) is 0 Å². The van der Waals surface area contributed by atoms with E-state index in [4.69, 9.17) is 16.3 Å². The molecule has 4 heteroatoms. The van der Waals surface area contributed by atoms with Crippen molar-refractivity contribution in [2.24, 2.45) is 0 Å². The normalized spacial score (nSPS) is 10.5. The second-order valence-electron chi connectivity index (χ2n) is 3.83. The van der Waals surface area contributed by atoms with Gasteiger partial charge in [-0.25, -0.2) is 4.98 Å². The minimum Gasteiger partial charge on any atom is -0.486 e. The summed E-state index contributed by atoms with van der Waals surface area (Å²) >= 11 is 5.89. The third kappa shape index (κ3) is 3.01. The van der Waals surface area contributed by atoms with Crippen molar-refractivity contribution in [3.05, 3.63) is 47.0 Å². The molecule has 0 aliphatic rings. The smallest absolute Gasteiger partial charge is 0.147 e. The van der Waals surface area contributed by atoms with Crippen LogP contribution >= 0.6 is 11.6 Å². The molecule has 0 saturated heterocycles. The van der Waals surface area contributed by atoms with E-state index < -0.39 is 0 Å². The number of halogens is 1. The van der Waals surface area contributed by atoms with Gasteiger partial charge in [-0.05, 0) is 32.0 Å². The minimum atomic E-state index is 0.460. The van der Waals surface area contributed by atoms with Gasteiger partial charge in [-0.1, -0.05) is 17.7 Å². The molecule has 0 amide bonds. The number of hydrogen-bond acceptors (Lipinski definition) is 2. The van der Waals surface area contributed by atoms with Crippen molar-refractivity contribution in [2.75, 3.05) is 0 Å². The first-order valence-electron chi connectivity index (χ1n) is 5.60. The molecular formula is C13H15ClN2O. The molecule has 0 saturated carbocycles. The summed E-state index contributed by atoms with van der Waals surface area (Å²) in [5.41, 5.74) is 1.01. The van der Waals surface area contributed by atoms with E-state index in [1.54, 1.807) is 6.07 Å². The van der Waals surface area contributed by atoms with Crippen LogP contribution in [-0.2, 0) is 13.2 Å². The first-order chi connectivity index (χ1) is 8.19. The van der Waals surface area contributed by atoms with Crippen molar-refractivity contribution < 1.29 is 4.74 Å². The average molecular weight is 251 g/mol. The highest BCUT2D eigenvalue weighted by Gasteiger charge is 2.05. The molecule has 0 atom stereocenters. The van der Waals surface area contributed by atoms with E-state index in [1.165, 1.54) is 0 Å². The predicted octanol–water partition coefficient (Wildman–Crippen LogP) is 3.44. The maximum Gasteiger partial charge on any atom is 0.147 e. The van der Waals surface area contributed by atoms with Crippen LogP contribution in [0.4, 0.5) is 0 Å². The van der Waals surface area contributed by atoms with Gasteiger partial charge in [-0.2, -0.15) is 0 Å². The molecule has 0 aliphatic heterocycles. The lowest BCUT2D eigenvalue weighted by Gasteiger charge is -2.07. The second-order valence-corrected chi connectivity index (χ2v) is 4.27. The van der Waals surface area contributed by atoms with Gasteiger partial charge >= 0.3 is 0 Å². The molecule has 0 aliphatic carbocycles. The number of imidazole rings is 1. The van der Waals surface area contributed by atoms with Crippen LogP contribution in [0, 0.1) is 6.92 Å². The maximum absolute atomic E-state index is 5.89. The number of benzene rings is 1. The van der Waals surface area contributed by atoms with Crippen molar-refractivity contribution in [2.45, 2.75) is 27.0 Å². The Kier molecular flexibility index (Phi) is 3.69. The fourth-order valence-electron chi connectivity index (χ4n) is 1.69. The average Bonchev–Trinajstić information content (AvgIpc) is 2.67. The molecule has 0 N–H and O–H groups in total. The first kappa shape index (κ1) is 12.0. The predicted molar refractivity (Wildman–Crippen MR) is 68.4 cm³/mol. The fraction of sp³-hybridized carbons (Fsp3) is 0.308. The number of rotatable bonds is 4. The van der Waals surface area contributed by atoms with Crippen LogP contribution in [0.5, 0.6) is 5.75 Å². The zero-order chi connectivity index (χ0) is 12.3. The Morgan fingerprint density at radius 2 is 2.24 bits per heavy atom. The fourth-order valence-corrected chi connectivity index (χ4v) is 1.87. The summed E-state index contributed by atoms with van der Waals surface area (Å²) in [6.45, 7) is 5.43. The lowest BCUT2D eigenvalue weighted by molar-refractivity contribution is 0.290. The quantitative estimate of drug-likeness (QED) is 0.831.